The van der Waals surface area contributed by atoms with Gasteiger partial charge in [-0.05, 0) is 49.6 Å². The van der Waals surface area contributed by atoms with E-state index in [0.717, 1.165) is 61.2 Å². The molecule has 184 valence electrons. The summed E-state index contributed by atoms with van der Waals surface area (Å²) in [7, 11) is -3.70. The van der Waals surface area contributed by atoms with Crippen molar-refractivity contribution in [2.24, 2.45) is 0 Å². The molecule has 7 nitrogen and oxygen atoms in total. The lowest BCUT2D eigenvalue weighted by molar-refractivity contribution is -0.189. The quantitative estimate of drug-likeness (QED) is 0.622. The van der Waals surface area contributed by atoms with Crippen LogP contribution in [0.3, 0.4) is 0 Å². The molecule has 34 heavy (non-hydrogen) atoms. The molecule has 2 aliphatic heterocycles. The number of carbonyl (C=O) groups excluding carboxylic acids is 1. The highest BCUT2D eigenvalue weighted by Gasteiger charge is 2.39. The number of nitrogens with zero attached hydrogens (tertiary/aromatic N) is 2. The highest BCUT2D eigenvalue weighted by atomic mass is 32.2. The SMILES string of the molecule is CC(Oc1ccc(S(C)(=O)=O)cc1C(=O)N1Cc2ccc(C3CCOCC3)nc2C1)C(F)(F)F. The Balaban J connectivity index is 1.61. The predicted octanol–water partition coefficient (Wildman–Crippen LogP) is 3.86. The summed E-state index contributed by atoms with van der Waals surface area (Å²) in [5.74, 6) is -0.673. The Morgan fingerprint density at radius 3 is 2.53 bits per heavy atom. The van der Waals surface area contributed by atoms with Crippen LogP contribution in [-0.4, -0.2) is 56.0 Å². The minimum atomic E-state index is -4.65. The van der Waals surface area contributed by atoms with Gasteiger partial charge in [-0.15, -0.1) is 0 Å². The van der Waals surface area contributed by atoms with Gasteiger partial charge < -0.3 is 14.4 Å². The zero-order valence-corrected chi connectivity index (χ0v) is 19.6. The first kappa shape index (κ1) is 24.5. The zero-order chi connectivity index (χ0) is 24.7. The molecular formula is C23H25F3N2O5S. The summed E-state index contributed by atoms with van der Waals surface area (Å²) in [5.41, 5.74) is 2.26. The van der Waals surface area contributed by atoms with E-state index in [1.54, 1.807) is 0 Å². The van der Waals surface area contributed by atoms with E-state index in [1.807, 2.05) is 12.1 Å². The Morgan fingerprint density at radius 1 is 1.18 bits per heavy atom. The molecule has 1 aromatic carbocycles. The second-order valence-electron chi connectivity index (χ2n) is 8.62. The van der Waals surface area contributed by atoms with Crippen molar-refractivity contribution in [3.05, 3.63) is 52.8 Å². The van der Waals surface area contributed by atoms with E-state index in [1.165, 1.54) is 4.90 Å². The van der Waals surface area contributed by atoms with Crippen molar-refractivity contribution in [1.29, 1.82) is 0 Å². The summed E-state index contributed by atoms with van der Waals surface area (Å²) in [5, 5.41) is 0. The number of alkyl halides is 3. The van der Waals surface area contributed by atoms with Crippen LogP contribution in [0, 0.1) is 0 Å². The number of benzene rings is 1. The van der Waals surface area contributed by atoms with E-state index in [0.29, 0.717) is 13.2 Å². The van der Waals surface area contributed by atoms with E-state index in [9.17, 15) is 26.4 Å². The average molecular weight is 499 g/mol. The summed E-state index contributed by atoms with van der Waals surface area (Å²) >= 11 is 0. The second-order valence-corrected chi connectivity index (χ2v) is 10.6. The maximum absolute atomic E-state index is 13.4. The lowest BCUT2D eigenvalue weighted by Gasteiger charge is -2.22. The van der Waals surface area contributed by atoms with Gasteiger partial charge in [0.15, 0.2) is 15.9 Å². The van der Waals surface area contributed by atoms with Gasteiger partial charge in [0.2, 0.25) is 0 Å². The van der Waals surface area contributed by atoms with Crippen molar-refractivity contribution in [1.82, 2.24) is 9.88 Å². The van der Waals surface area contributed by atoms with Gasteiger partial charge in [0, 0.05) is 37.6 Å². The molecule has 0 N–H and O–H groups in total. The minimum Gasteiger partial charge on any atom is -0.480 e. The normalized spacial score (nSPS) is 18.0. The molecule has 0 spiro atoms. The first-order valence-electron chi connectivity index (χ1n) is 10.9. The number of fused-ring (bicyclic) bond motifs is 1. The Kier molecular flexibility index (Phi) is 6.61. The van der Waals surface area contributed by atoms with E-state index >= 15 is 0 Å². The number of carbonyl (C=O) groups is 1. The average Bonchev–Trinajstić information content (AvgIpc) is 3.21. The molecule has 0 bridgehead atoms. The summed E-state index contributed by atoms with van der Waals surface area (Å²) in [6.07, 6.45) is -4.13. The number of halogens is 3. The smallest absolute Gasteiger partial charge is 0.425 e. The molecule has 0 radical (unpaired) electrons. The third-order valence-electron chi connectivity index (χ3n) is 6.09. The fraction of sp³-hybridized carbons (Fsp3) is 0.478. The summed E-state index contributed by atoms with van der Waals surface area (Å²) in [4.78, 5) is 19.3. The summed E-state index contributed by atoms with van der Waals surface area (Å²) in [6.45, 7) is 2.55. The number of hydrogen-bond acceptors (Lipinski definition) is 6. The van der Waals surface area contributed by atoms with Crippen molar-refractivity contribution in [2.75, 3.05) is 19.5 Å². The van der Waals surface area contributed by atoms with Crippen LogP contribution in [0.25, 0.3) is 0 Å². The van der Waals surface area contributed by atoms with Gasteiger partial charge in [-0.1, -0.05) is 6.07 Å². The summed E-state index contributed by atoms with van der Waals surface area (Å²) < 4.78 is 73.7. The number of ether oxygens (including phenoxy) is 2. The standard InChI is InChI=1S/C23H25F3N2O5S/c1-14(23(24,25)26)33-21-6-4-17(34(2,30)31)11-18(21)22(29)28-12-16-3-5-19(27-20(16)13-28)15-7-9-32-10-8-15/h3-6,11,14-15H,7-10,12-13H2,1-2H3. The van der Waals surface area contributed by atoms with Crippen LogP contribution in [0.15, 0.2) is 35.2 Å². The van der Waals surface area contributed by atoms with Crippen LogP contribution in [0.1, 0.15) is 53.0 Å². The van der Waals surface area contributed by atoms with Crippen molar-refractivity contribution in [2.45, 2.75) is 55.9 Å². The van der Waals surface area contributed by atoms with Gasteiger partial charge in [-0.25, -0.2) is 8.42 Å². The third kappa shape index (κ3) is 5.20. The van der Waals surface area contributed by atoms with Gasteiger partial charge in [0.1, 0.15) is 5.75 Å². The van der Waals surface area contributed by atoms with E-state index in [-0.39, 0.29) is 35.2 Å². The maximum atomic E-state index is 13.4. The molecule has 11 heteroatoms. The number of pyridine rings is 1. The second kappa shape index (κ2) is 9.18. The van der Waals surface area contributed by atoms with Crippen molar-refractivity contribution in [3.8, 4) is 5.75 Å². The molecule has 1 atom stereocenters. The Morgan fingerprint density at radius 2 is 1.88 bits per heavy atom. The fourth-order valence-corrected chi connectivity index (χ4v) is 4.72. The van der Waals surface area contributed by atoms with Crippen LogP contribution in [0.5, 0.6) is 5.75 Å². The van der Waals surface area contributed by atoms with Gasteiger partial charge >= 0.3 is 6.18 Å². The van der Waals surface area contributed by atoms with Crippen LogP contribution < -0.4 is 4.74 Å². The van der Waals surface area contributed by atoms with E-state index < -0.39 is 28.0 Å². The number of aromatic nitrogens is 1. The highest BCUT2D eigenvalue weighted by molar-refractivity contribution is 7.90. The van der Waals surface area contributed by atoms with Gasteiger partial charge in [0.05, 0.1) is 22.7 Å². The summed E-state index contributed by atoms with van der Waals surface area (Å²) in [6, 6.07) is 7.14. The molecule has 1 amide bonds. The number of hydrogen-bond donors (Lipinski definition) is 0. The maximum Gasteiger partial charge on any atom is 0.425 e. The van der Waals surface area contributed by atoms with Gasteiger partial charge in [-0.3, -0.25) is 9.78 Å². The fourth-order valence-electron chi connectivity index (χ4n) is 4.07. The Labute approximate surface area is 195 Å². The molecule has 4 rings (SSSR count). The van der Waals surface area contributed by atoms with Crippen molar-refractivity contribution in [3.63, 3.8) is 0 Å². The largest absolute Gasteiger partial charge is 0.480 e. The first-order chi connectivity index (χ1) is 15.9. The molecule has 0 saturated carbocycles. The van der Waals surface area contributed by atoms with Gasteiger partial charge in [-0.2, -0.15) is 13.2 Å². The molecule has 1 unspecified atom stereocenters. The number of amides is 1. The topological polar surface area (TPSA) is 85.8 Å². The molecule has 1 saturated heterocycles. The zero-order valence-electron chi connectivity index (χ0n) is 18.8. The molecular weight excluding hydrogens is 473 g/mol. The molecule has 1 fully saturated rings. The van der Waals surface area contributed by atoms with Gasteiger partial charge in [0.25, 0.3) is 5.91 Å². The molecule has 2 aliphatic rings. The lowest BCUT2D eigenvalue weighted by Crippen LogP contribution is -2.32. The Bertz CT molecular complexity index is 1190. The molecule has 0 aliphatic carbocycles. The highest BCUT2D eigenvalue weighted by Crippen LogP contribution is 2.33. The molecule has 1 aromatic heterocycles. The predicted molar refractivity (Wildman–Crippen MR) is 116 cm³/mol. The molecule has 2 aromatic rings. The number of sulfone groups is 1. The van der Waals surface area contributed by atoms with Crippen LogP contribution >= 0.6 is 0 Å². The van der Waals surface area contributed by atoms with Crippen LogP contribution in [-0.2, 0) is 27.7 Å². The van der Waals surface area contributed by atoms with E-state index in [4.69, 9.17) is 14.5 Å². The van der Waals surface area contributed by atoms with Crippen molar-refractivity contribution < 1.29 is 35.9 Å². The monoisotopic (exact) mass is 498 g/mol. The first-order valence-corrected chi connectivity index (χ1v) is 12.8. The van der Waals surface area contributed by atoms with Crippen molar-refractivity contribution >= 4 is 15.7 Å². The van der Waals surface area contributed by atoms with Crippen LogP contribution in [0.4, 0.5) is 13.2 Å². The third-order valence-corrected chi connectivity index (χ3v) is 7.20. The minimum absolute atomic E-state index is 0.169. The Hall–Kier alpha value is -2.66. The lowest BCUT2D eigenvalue weighted by atomic mass is 9.95. The van der Waals surface area contributed by atoms with Crippen LogP contribution in [0.2, 0.25) is 0 Å². The molecule has 3 heterocycles. The number of rotatable bonds is 5. The van der Waals surface area contributed by atoms with E-state index in [2.05, 4.69) is 0 Å².